The molecule has 2 aromatic rings. The van der Waals surface area contributed by atoms with Gasteiger partial charge in [-0.1, -0.05) is 35.3 Å². The molecular formula is C17H17Cl2F3N2O3S. The molecule has 0 saturated carbocycles. The van der Waals surface area contributed by atoms with Crippen molar-refractivity contribution in [2.45, 2.75) is 17.3 Å². The van der Waals surface area contributed by atoms with Gasteiger partial charge in [0.15, 0.2) is 0 Å². The quantitative estimate of drug-likeness (QED) is 0.667. The summed E-state index contributed by atoms with van der Waals surface area (Å²) in [5.41, 5.74) is 0.671. The van der Waals surface area contributed by atoms with Crippen molar-refractivity contribution in [3.05, 3.63) is 58.1 Å². The van der Waals surface area contributed by atoms with Crippen LogP contribution in [0.15, 0.2) is 47.4 Å². The molecule has 0 aliphatic carbocycles. The molecule has 28 heavy (non-hydrogen) atoms. The third-order valence-electron chi connectivity index (χ3n) is 3.56. The lowest BCUT2D eigenvalue weighted by Gasteiger charge is -2.23. The highest BCUT2D eigenvalue weighted by Crippen LogP contribution is 2.32. The van der Waals surface area contributed by atoms with Crippen LogP contribution in [0.2, 0.25) is 10.0 Å². The molecule has 5 nitrogen and oxygen atoms in total. The maximum absolute atomic E-state index is 12.7. The summed E-state index contributed by atoms with van der Waals surface area (Å²) in [5.74, 6) is -0.685. The van der Waals surface area contributed by atoms with E-state index in [1.165, 1.54) is 0 Å². The number of benzene rings is 2. The first-order valence-electron chi connectivity index (χ1n) is 7.85. The summed E-state index contributed by atoms with van der Waals surface area (Å²) in [6.07, 6.45) is -4.94. The Labute approximate surface area is 171 Å². The third kappa shape index (κ3) is 6.52. The number of hydrogen-bond acceptors (Lipinski definition) is 4. The van der Waals surface area contributed by atoms with Gasteiger partial charge in [-0.3, -0.25) is 0 Å². The van der Waals surface area contributed by atoms with E-state index in [1.54, 1.807) is 43.3 Å². The van der Waals surface area contributed by atoms with Gasteiger partial charge in [0.25, 0.3) is 0 Å². The van der Waals surface area contributed by atoms with Crippen LogP contribution < -0.4 is 9.46 Å². The number of nitrogens with zero attached hydrogens (tertiary/aromatic N) is 1. The zero-order chi connectivity index (χ0) is 21.1. The van der Waals surface area contributed by atoms with Crippen molar-refractivity contribution in [2.24, 2.45) is 0 Å². The van der Waals surface area contributed by atoms with Crippen molar-refractivity contribution in [2.75, 3.05) is 20.6 Å². The largest absolute Gasteiger partial charge is 0.573 e. The fourth-order valence-corrected chi connectivity index (χ4v) is 4.03. The fraction of sp³-hybridized carbons (Fsp3) is 0.294. The van der Waals surface area contributed by atoms with Crippen LogP contribution in [0.25, 0.3) is 0 Å². The molecule has 0 spiro atoms. The highest BCUT2D eigenvalue weighted by atomic mass is 35.5. The average Bonchev–Trinajstić information content (AvgIpc) is 2.55. The predicted octanol–water partition coefficient (Wildman–Crippen LogP) is 4.47. The number of ether oxygens (including phenoxy) is 1. The molecule has 0 bridgehead atoms. The van der Waals surface area contributed by atoms with E-state index < -0.39 is 33.2 Å². The average molecular weight is 457 g/mol. The molecule has 0 saturated heterocycles. The van der Waals surface area contributed by atoms with Gasteiger partial charge < -0.3 is 9.64 Å². The molecule has 0 amide bonds. The van der Waals surface area contributed by atoms with E-state index in [-0.39, 0.29) is 4.90 Å². The Morgan fingerprint density at radius 2 is 1.71 bits per heavy atom. The van der Waals surface area contributed by atoms with Gasteiger partial charge in [0.1, 0.15) is 5.75 Å². The minimum atomic E-state index is -4.94. The summed E-state index contributed by atoms with van der Waals surface area (Å²) in [6, 6.07) is 8.76. The molecule has 2 aromatic carbocycles. The maximum Gasteiger partial charge on any atom is 0.573 e. The lowest BCUT2D eigenvalue weighted by molar-refractivity contribution is -0.274. The molecule has 11 heteroatoms. The Hall–Kier alpha value is -1.52. The lowest BCUT2D eigenvalue weighted by Crippen LogP contribution is -2.35. The van der Waals surface area contributed by atoms with Crippen molar-refractivity contribution < 1.29 is 26.3 Å². The van der Waals surface area contributed by atoms with Crippen LogP contribution in [-0.4, -0.2) is 40.3 Å². The predicted molar refractivity (Wildman–Crippen MR) is 101 cm³/mol. The molecule has 2 rings (SSSR count). The van der Waals surface area contributed by atoms with Crippen LogP contribution >= 0.6 is 23.2 Å². The monoisotopic (exact) mass is 456 g/mol. The second-order valence-corrected chi connectivity index (χ2v) is 8.69. The zero-order valence-corrected chi connectivity index (χ0v) is 17.1. The van der Waals surface area contributed by atoms with Gasteiger partial charge in [-0.2, -0.15) is 0 Å². The first kappa shape index (κ1) is 22.8. The summed E-state index contributed by atoms with van der Waals surface area (Å²) in [5, 5.41) is 0.0260. The summed E-state index contributed by atoms with van der Waals surface area (Å²) in [4.78, 5) is 1.50. The molecule has 0 fully saturated rings. The molecular weight excluding hydrogens is 440 g/mol. The van der Waals surface area contributed by atoms with Gasteiger partial charge >= 0.3 is 6.36 Å². The Kier molecular flexibility index (Phi) is 7.22. The van der Waals surface area contributed by atoms with Crippen molar-refractivity contribution in [1.29, 1.82) is 0 Å². The molecule has 0 aromatic heterocycles. The van der Waals surface area contributed by atoms with Gasteiger partial charge in [-0.15, -0.1) is 13.2 Å². The van der Waals surface area contributed by atoms with Gasteiger partial charge in [0.05, 0.1) is 16.0 Å². The number of sulfonamides is 1. The van der Waals surface area contributed by atoms with Crippen LogP contribution in [0.4, 0.5) is 13.2 Å². The van der Waals surface area contributed by atoms with Crippen molar-refractivity contribution in [3.8, 4) is 5.75 Å². The molecule has 0 aliphatic rings. The maximum atomic E-state index is 12.7. The van der Waals surface area contributed by atoms with E-state index in [1.807, 2.05) is 0 Å². The highest BCUT2D eigenvalue weighted by Gasteiger charge is 2.32. The molecule has 0 aliphatic heterocycles. The number of hydrogen-bond donors (Lipinski definition) is 1. The third-order valence-corrected chi connectivity index (χ3v) is 5.57. The Bertz CT molecular complexity index is 920. The van der Waals surface area contributed by atoms with Crippen LogP contribution in [0.5, 0.6) is 5.75 Å². The normalized spacial score (nSPS) is 13.6. The Balaban J connectivity index is 2.30. The van der Waals surface area contributed by atoms with E-state index in [0.717, 1.165) is 18.2 Å². The number of halogens is 5. The van der Waals surface area contributed by atoms with Gasteiger partial charge in [-0.25, -0.2) is 13.1 Å². The molecule has 1 N–H and O–H groups in total. The number of rotatable bonds is 7. The highest BCUT2D eigenvalue weighted by molar-refractivity contribution is 7.89. The Morgan fingerprint density at radius 3 is 2.21 bits per heavy atom. The minimum absolute atomic E-state index is 0.287. The molecule has 1 atom stereocenters. The van der Waals surface area contributed by atoms with Gasteiger partial charge in [-0.05, 0) is 50.0 Å². The number of nitrogens with one attached hydrogen (secondary N) is 1. The van der Waals surface area contributed by atoms with Crippen LogP contribution in [-0.2, 0) is 10.0 Å². The molecule has 154 valence electrons. The van der Waals surface area contributed by atoms with Crippen LogP contribution in [0.1, 0.15) is 11.6 Å². The lowest BCUT2D eigenvalue weighted by atomic mass is 10.1. The molecule has 0 heterocycles. The van der Waals surface area contributed by atoms with E-state index in [2.05, 4.69) is 9.46 Å². The first-order chi connectivity index (χ1) is 12.9. The SMILES string of the molecule is CN(C)C[C@H](NS(=O)(=O)c1ccc(OC(F)(F)F)c(Cl)c1)c1ccc(Cl)cc1. The summed E-state index contributed by atoms with van der Waals surface area (Å²) >= 11 is 11.6. The van der Waals surface area contributed by atoms with Crippen LogP contribution in [0, 0.1) is 0 Å². The number of likely N-dealkylation sites (N-methyl/N-ethyl adjacent to an activating group) is 1. The summed E-state index contributed by atoms with van der Waals surface area (Å²) < 4.78 is 68.8. The van der Waals surface area contributed by atoms with Gasteiger partial charge in [0.2, 0.25) is 10.0 Å². The standard InChI is InChI=1S/C17H17Cl2F3N2O3S/c1-24(2)10-15(11-3-5-12(18)6-4-11)23-28(25,26)13-7-8-16(14(19)9-13)27-17(20,21)22/h3-9,15,23H,10H2,1-2H3/t15-/m0/s1. The van der Waals surface area contributed by atoms with E-state index in [9.17, 15) is 21.6 Å². The van der Waals surface area contributed by atoms with Crippen LogP contribution in [0.3, 0.4) is 0 Å². The molecule has 0 radical (unpaired) electrons. The summed E-state index contributed by atoms with van der Waals surface area (Å²) in [6.45, 7) is 0.337. The first-order valence-corrected chi connectivity index (χ1v) is 10.1. The number of alkyl halides is 3. The fourth-order valence-electron chi connectivity index (χ4n) is 2.38. The van der Waals surface area contributed by atoms with Crippen molar-refractivity contribution >= 4 is 33.2 Å². The Morgan fingerprint density at radius 1 is 1.11 bits per heavy atom. The molecule has 0 unspecified atom stereocenters. The van der Waals surface area contributed by atoms with E-state index in [0.29, 0.717) is 17.1 Å². The zero-order valence-electron chi connectivity index (χ0n) is 14.8. The van der Waals surface area contributed by atoms with E-state index in [4.69, 9.17) is 23.2 Å². The summed E-state index contributed by atoms with van der Waals surface area (Å²) in [7, 11) is -0.527. The topological polar surface area (TPSA) is 58.6 Å². The minimum Gasteiger partial charge on any atom is -0.404 e. The second-order valence-electron chi connectivity index (χ2n) is 6.13. The van der Waals surface area contributed by atoms with Gasteiger partial charge in [0, 0.05) is 11.6 Å². The smallest absolute Gasteiger partial charge is 0.404 e. The van der Waals surface area contributed by atoms with E-state index >= 15 is 0 Å². The second kappa shape index (κ2) is 8.87. The van der Waals surface area contributed by atoms with Crippen molar-refractivity contribution in [3.63, 3.8) is 0 Å². The van der Waals surface area contributed by atoms with Crippen molar-refractivity contribution in [1.82, 2.24) is 9.62 Å².